The summed E-state index contributed by atoms with van der Waals surface area (Å²) in [5.74, 6) is -2.06. The lowest BCUT2D eigenvalue weighted by atomic mass is 10.1. The van der Waals surface area contributed by atoms with E-state index in [1.807, 2.05) is 6.07 Å². The van der Waals surface area contributed by atoms with Crippen molar-refractivity contribution >= 4 is 0 Å². The van der Waals surface area contributed by atoms with Gasteiger partial charge in [0.2, 0.25) is 11.6 Å². The molecule has 1 heterocycles. The highest BCUT2D eigenvalue weighted by Gasteiger charge is 2.53. The molecule has 3 unspecified atom stereocenters. The molecule has 0 N–H and O–H groups in total. The number of nitrogens with zero attached hydrogens (tertiary/aromatic N) is 1. The van der Waals surface area contributed by atoms with Gasteiger partial charge in [0.1, 0.15) is 0 Å². The van der Waals surface area contributed by atoms with Crippen LogP contribution in [0.15, 0.2) is 0 Å². The average molecular weight is 201 g/mol. The highest BCUT2D eigenvalue weighted by atomic mass is 16.8. The molecule has 1 saturated heterocycles. The molecule has 0 amide bonds. The SMILES string of the molecule is COC1(C)OCC(C#N)OC1(C)OC. The van der Waals surface area contributed by atoms with E-state index in [2.05, 4.69) is 0 Å². The molecule has 0 aromatic carbocycles. The van der Waals surface area contributed by atoms with Crippen LogP contribution in [0.2, 0.25) is 0 Å². The van der Waals surface area contributed by atoms with Gasteiger partial charge in [-0.3, -0.25) is 0 Å². The summed E-state index contributed by atoms with van der Waals surface area (Å²) in [5, 5.41) is 8.71. The molecule has 1 aliphatic rings. The predicted octanol–water partition coefficient (Wildman–Crippen LogP) is 0.651. The summed E-state index contributed by atoms with van der Waals surface area (Å²) in [7, 11) is 2.99. The molecule has 0 radical (unpaired) electrons. The molecule has 14 heavy (non-hydrogen) atoms. The number of nitriles is 1. The van der Waals surface area contributed by atoms with Gasteiger partial charge in [0.15, 0.2) is 6.10 Å². The fourth-order valence-electron chi connectivity index (χ4n) is 1.32. The largest absolute Gasteiger partial charge is 0.349 e. The molecule has 0 aliphatic carbocycles. The van der Waals surface area contributed by atoms with Crippen LogP contribution in [-0.2, 0) is 18.9 Å². The van der Waals surface area contributed by atoms with Gasteiger partial charge in [-0.15, -0.1) is 0 Å². The minimum atomic E-state index is -1.07. The maximum Gasteiger partial charge on any atom is 0.221 e. The van der Waals surface area contributed by atoms with E-state index in [9.17, 15) is 0 Å². The van der Waals surface area contributed by atoms with Crippen LogP contribution in [0.3, 0.4) is 0 Å². The van der Waals surface area contributed by atoms with E-state index in [0.717, 1.165) is 0 Å². The van der Waals surface area contributed by atoms with Crippen molar-refractivity contribution in [3.63, 3.8) is 0 Å². The Labute approximate surface area is 83.5 Å². The van der Waals surface area contributed by atoms with Gasteiger partial charge < -0.3 is 18.9 Å². The Balaban J connectivity index is 2.88. The summed E-state index contributed by atoms with van der Waals surface area (Å²) in [4.78, 5) is 0. The summed E-state index contributed by atoms with van der Waals surface area (Å²) in [6.45, 7) is 3.57. The first-order chi connectivity index (χ1) is 6.51. The highest BCUT2D eigenvalue weighted by Crippen LogP contribution is 2.36. The van der Waals surface area contributed by atoms with Gasteiger partial charge >= 0.3 is 0 Å². The van der Waals surface area contributed by atoms with Gasteiger partial charge in [-0.2, -0.15) is 5.26 Å². The van der Waals surface area contributed by atoms with Crippen molar-refractivity contribution in [1.29, 1.82) is 5.26 Å². The minimum absolute atomic E-state index is 0.180. The zero-order chi connectivity index (χ0) is 10.8. The van der Waals surface area contributed by atoms with Crippen LogP contribution in [0.4, 0.5) is 0 Å². The molecule has 0 bridgehead atoms. The first-order valence-corrected chi connectivity index (χ1v) is 4.33. The third kappa shape index (κ3) is 1.62. The van der Waals surface area contributed by atoms with Crippen LogP contribution in [0.25, 0.3) is 0 Å². The van der Waals surface area contributed by atoms with Gasteiger partial charge in [0.25, 0.3) is 0 Å². The minimum Gasteiger partial charge on any atom is -0.349 e. The summed E-state index contributed by atoms with van der Waals surface area (Å²) >= 11 is 0. The number of rotatable bonds is 2. The van der Waals surface area contributed by atoms with Crippen LogP contribution < -0.4 is 0 Å². The van der Waals surface area contributed by atoms with Crippen molar-refractivity contribution in [3.05, 3.63) is 0 Å². The van der Waals surface area contributed by atoms with Crippen LogP contribution >= 0.6 is 0 Å². The third-order valence-corrected chi connectivity index (χ3v) is 2.63. The Hall–Kier alpha value is -0.670. The van der Waals surface area contributed by atoms with E-state index in [4.69, 9.17) is 24.2 Å². The van der Waals surface area contributed by atoms with E-state index in [0.29, 0.717) is 0 Å². The maximum atomic E-state index is 8.71. The second-order valence-corrected chi connectivity index (χ2v) is 3.35. The molecule has 0 saturated carbocycles. The summed E-state index contributed by atoms with van der Waals surface area (Å²) in [6, 6.07) is 1.97. The van der Waals surface area contributed by atoms with Crippen LogP contribution in [0.5, 0.6) is 0 Å². The average Bonchev–Trinajstić information content (AvgIpc) is 2.22. The first kappa shape index (κ1) is 11.4. The molecule has 0 aromatic heterocycles. The van der Waals surface area contributed by atoms with Crippen LogP contribution in [0.1, 0.15) is 13.8 Å². The van der Waals surface area contributed by atoms with Crippen LogP contribution in [0, 0.1) is 11.3 Å². The van der Waals surface area contributed by atoms with Gasteiger partial charge in [-0.05, 0) is 13.8 Å². The van der Waals surface area contributed by atoms with Crippen molar-refractivity contribution in [2.45, 2.75) is 31.5 Å². The summed E-state index contributed by atoms with van der Waals surface area (Å²) < 4.78 is 21.3. The zero-order valence-corrected chi connectivity index (χ0v) is 8.86. The van der Waals surface area contributed by atoms with E-state index in [1.165, 1.54) is 14.2 Å². The monoisotopic (exact) mass is 201 g/mol. The Morgan fingerprint density at radius 1 is 1.29 bits per heavy atom. The lowest BCUT2D eigenvalue weighted by Crippen LogP contribution is -2.62. The van der Waals surface area contributed by atoms with Gasteiger partial charge in [0, 0.05) is 14.2 Å². The number of methoxy groups -OCH3 is 2. The molecule has 0 aromatic rings. The fourth-order valence-corrected chi connectivity index (χ4v) is 1.32. The Morgan fingerprint density at radius 2 is 1.86 bits per heavy atom. The fraction of sp³-hybridized carbons (Fsp3) is 0.889. The number of ether oxygens (including phenoxy) is 4. The van der Waals surface area contributed by atoms with Crippen molar-refractivity contribution in [3.8, 4) is 6.07 Å². The first-order valence-electron chi connectivity index (χ1n) is 4.33. The van der Waals surface area contributed by atoms with Gasteiger partial charge in [0.05, 0.1) is 12.7 Å². The van der Waals surface area contributed by atoms with Crippen LogP contribution in [-0.4, -0.2) is 38.5 Å². The zero-order valence-electron chi connectivity index (χ0n) is 8.86. The molecule has 5 heteroatoms. The third-order valence-electron chi connectivity index (χ3n) is 2.63. The molecule has 1 aliphatic heterocycles. The van der Waals surface area contributed by atoms with E-state index < -0.39 is 17.7 Å². The normalized spacial score (nSPS) is 43.2. The summed E-state index contributed by atoms with van der Waals surface area (Å²) in [6.07, 6.45) is -0.622. The Kier molecular flexibility index (Phi) is 3.12. The quantitative estimate of drug-likeness (QED) is 0.656. The smallest absolute Gasteiger partial charge is 0.221 e. The number of hydrogen-bond acceptors (Lipinski definition) is 5. The topological polar surface area (TPSA) is 60.7 Å². The maximum absolute atomic E-state index is 8.71. The molecule has 80 valence electrons. The molecular weight excluding hydrogens is 186 g/mol. The molecule has 1 rings (SSSR count). The molecule has 3 atom stereocenters. The second-order valence-electron chi connectivity index (χ2n) is 3.35. The van der Waals surface area contributed by atoms with Crippen molar-refractivity contribution < 1.29 is 18.9 Å². The summed E-state index contributed by atoms with van der Waals surface area (Å²) in [5.41, 5.74) is 0. The molecule has 0 spiro atoms. The van der Waals surface area contributed by atoms with Crippen molar-refractivity contribution in [2.75, 3.05) is 20.8 Å². The van der Waals surface area contributed by atoms with Crippen molar-refractivity contribution in [2.24, 2.45) is 0 Å². The van der Waals surface area contributed by atoms with E-state index in [1.54, 1.807) is 13.8 Å². The standard InChI is InChI=1S/C9H15NO4/c1-8(11-3)9(2,12-4)14-7(5-10)6-13-8/h7H,6H2,1-4H3. The highest BCUT2D eigenvalue weighted by molar-refractivity contribution is 4.94. The Morgan fingerprint density at radius 3 is 2.29 bits per heavy atom. The second kappa shape index (κ2) is 3.83. The predicted molar refractivity (Wildman–Crippen MR) is 47.3 cm³/mol. The Bertz CT molecular complexity index is 252. The lowest BCUT2D eigenvalue weighted by molar-refractivity contribution is -0.425. The van der Waals surface area contributed by atoms with Crippen molar-refractivity contribution in [1.82, 2.24) is 0 Å². The molecular formula is C9H15NO4. The lowest BCUT2D eigenvalue weighted by Gasteiger charge is -2.47. The molecule has 1 fully saturated rings. The number of hydrogen-bond donors (Lipinski definition) is 0. The van der Waals surface area contributed by atoms with E-state index >= 15 is 0 Å². The van der Waals surface area contributed by atoms with Gasteiger partial charge in [-0.1, -0.05) is 0 Å². The van der Waals surface area contributed by atoms with E-state index in [-0.39, 0.29) is 6.61 Å². The molecule has 5 nitrogen and oxygen atoms in total. The van der Waals surface area contributed by atoms with Gasteiger partial charge in [-0.25, -0.2) is 0 Å².